The monoisotopic (exact) mass is 335 g/mol. The van der Waals surface area contributed by atoms with Crippen LogP contribution in [-0.4, -0.2) is 14.6 Å². The second-order valence-electron chi connectivity index (χ2n) is 5.20. The van der Waals surface area contributed by atoms with E-state index < -0.39 is 23.3 Å². The molecule has 9 heteroatoms. The van der Waals surface area contributed by atoms with Crippen LogP contribution in [0, 0.1) is 23.3 Å². The first-order valence-corrected chi connectivity index (χ1v) is 6.80. The third kappa shape index (κ3) is 2.05. The topological polar surface area (TPSA) is 71.7 Å². The SMILES string of the molecule is Nn1c(Nc2c[nH]c3cc(F)c(F)cc23)nc2cc(F)cc(F)c21. The van der Waals surface area contributed by atoms with Crippen molar-refractivity contribution in [3.05, 3.63) is 53.7 Å². The van der Waals surface area contributed by atoms with Crippen LogP contribution < -0.4 is 11.2 Å². The van der Waals surface area contributed by atoms with Crippen molar-refractivity contribution in [2.45, 2.75) is 0 Å². The highest BCUT2D eigenvalue weighted by Crippen LogP contribution is 2.29. The molecule has 4 rings (SSSR count). The van der Waals surface area contributed by atoms with Gasteiger partial charge in [-0.3, -0.25) is 0 Å². The number of nitrogen functional groups attached to an aromatic ring is 1. The Kier molecular flexibility index (Phi) is 2.92. The lowest BCUT2D eigenvalue weighted by atomic mass is 10.2. The molecule has 0 aliphatic carbocycles. The average Bonchev–Trinajstić information content (AvgIpc) is 3.02. The van der Waals surface area contributed by atoms with E-state index in [1.165, 1.54) is 6.20 Å². The summed E-state index contributed by atoms with van der Waals surface area (Å²) in [5.74, 6) is 2.16. The first kappa shape index (κ1) is 14.4. The van der Waals surface area contributed by atoms with Gasteiger partial charge in [0.25, 0.3) is 0 Å². The van der Waals surface area contributed by atoms with E-state index in [2.05, 4.69) is 15.3 Å². The summed E-state index contributed by atoms with van der Waals surface area (Å²) in [6.07, 6.45) is 1.46. The Balaban J connectivity index is 1.84. The van der Waals surface area contributed by atoms with Gasteiger partial charge in [0.1, 0.15) is 11.3 Å². The fourth-order valence-corrected chi connectivity index (χ4v) is 2.58. The minimum Gasteiger partial charge on any atom is -0.359 e. The minimum absolute atomic E-state index is 0.0140. The van der Waals surface area contributed by atoms with Crippen molar-refractivity contribution in [1.82, 2.24) is 14.6 Å². The van der Waals surface area contributed by atoms with E-state index in [0.29, 0.717) is 22.7 Å². The van der Waals surface area contributed by atoms with Crippen molar-refractivity contribution in [3.63, 3.8) is 0 Å². The minimum atomic E-state index is -1.01. The summed E-state index contributed by atoms with van der Waals surface area (Å²) in [4.78, 5) is 6.79. The number of hydrogen-bond acceptors (Lipinski definition) is 3. The van der Waals surface area contributed by atoms with E-state index in [0.717, 1.165) is 22.9 Å². The zero-order valence-electron chi connectivity index (χ0n) is 11.9. The van der Waals surface area contributed by atoms with Gasteiger partial charge < -0.3 is 16.1 Å². The van der Waals surface area contributed by atoms with Gasteiger partial charge in [-0.15, -0.1) is 0 Å². The summed E-state index contributed by atoms with van der Waals surface area (Å²) >= 11 is 0. The number of aromatic amines is 1. The Morgan fingerprint density at radius 3 is 2.54 bits per heavy atom. The first-order valence-electron chi connectivity index (χ1n) is 6.80. The van der Waals surface area contributed by atoms with E-state index in [9.17, 15) is 17.6 Å². The first-order chi connectivity index (χ1) is 11.4. The van der Waals surface area contributed by atoms with E-state index >= 15 is 0 Å². The van der Waals surface area contributed by atoms with Gasteiger partial charge in [0.2, 0.25) is 5.95 Å². The third-order valence-electron chi connectivity index (χ3n) is 3.67. The van der Waals surface area contributed by atoms with Gasteiger partial charge >= 0.3 is 0 Å². The Morgan fingerprint density at radius 2 is 1.75 bits per heavy atom. The number of rotatable bonds is 2. The summed E-state index contributed by atoms with van der Waals surface area (Å²) in [5.41, 5.74) is 0.644. The standard InChI is InChI=1S/C15H9F4N5/c16-6-1-10(19)14-12(2-6)22-15(24(14)20)23-13-5-21-11-4-9(18)8(17)3-7(11)13/h1-5,21H,20H2,(H,22,23). The predicted octanol–water partition coefficient (Wildman–Crippen LogP) is 3.53. The second-order valence-corrected chi connectivity index (χ2v) is 5.20. The number of fused-ring (bicyclic) bond motifs is 2. The molecule has 24 heavy (non-hydrogen) atoms. The highest BCUT2D eigenvalue weighted by Gasteiger charge is 2.16. The third-order valence-corrected chi connectivity index (χ3v) is 3.67. The Hall–Kier alpha value is -3.23. The summed E-state index contributed by atoms with van der Waals surface area (Å²) in [6.45, 7) is 0. The normalized spacial score (nSPS) is 11.5. The van der Waals surface area contributed by atoms with Crippen LogP contribution in [-0.2, 0) is 0 Å². The molecule has 0 amide bonds. The van der Waals surface area contributed by atoms with Crippen LogP contribution in [0.25, 0.3) is 21.9 Å². The Bertz CT molecular complexity index is 1100. The molecule has 0 radical (unpaired) electrons. The van der Waals surface area contributed by atoms with E-state index in [1.807, 2.05) is 0 Å². The predicted molar refractivity (Wildman–Crippen MR) is 81.3 cm³/mol. The molecule has 0 saturated heterocycles. The summed E-state index contributed by atoms with van der Waals surface area (Å²) < 4.78 is 54.7. The molecular formula is C15H9F4N5. The molecule has 0 fully saturated rings. The molecule has 0 unspecified atom stereocenters. The molecule has 4 N–H and O–H groups in total. The lowest BCUT2D eigenvalue weighted by molar-refractivity contribution is 0.511. The van der Waals surface area contributed by atoms with Crippen molar-refractivity contribution in [3.8, 4) is 0 Å². The van der Waals surface area contributed by atoms with Gasteiger partial charge in [0.05, 0.1) is 16.7 Å². The smallest absolute Gasteiger partial charge is 0.227 e. The molecule has 0 aliphatic heterocycles. The summed E-state index contributed by atoms with van der Waals surface area (Å²) in [6, 6.07) is 3.75. The number of hydrogen-bond donors (Lipinski definition) is 3. The van der Waals surface area contributed by atoms with Gasteiger partial charge in [-0.2, -0.15) is 0 Å². The van der Waals surface area contributed by atoms with Gasteiger partial charge in [-0.05, 0) is 6.07 Å². The van der Waals surface area contributed by atoms with Crippen molar-refractivity contribution < 1.29 is 17.6 Å². The van der Waals surface area contributed by atoms with Crippen molar-refractivity contribution >= 4 is 33.6 Å². The number of anilines is 2. The van der Waals surface area contributed by atoms with E-state index in [4.69, 9.17) is 5.84 Å². The Labute approximate surface area is 131 Å². The number of benzene rings is 2. The quantitative estimate of drug-likeness (QED) is 0.388. The fraction of sp³-hybridized carbons (Fsp3) is 0. The van der Waals surface area contributed by atoms with Crippen molar-refractivity contribution in [1.29, 1.82) is 0 Å². The zero-order chi connectivity index (χ0) is 17.0. The lowest BCUT2D eigenvalue weighted by Gasteiger charge is -2.05. The molecule has 2 heterocycles. The molecule has 0 bridgehead atoms. The molecule has 5 nitrogen and oxygen atoms in total. The second kappa shape index (κ2) is 4.88. The Morgan fingerprint density at radius 1 is 1.00 bits per heavy atom. The van der Waals surface area contributed by atoms with Crippen LogP contribution in [0.5, 0.6) is 0 Å². The van der Waals surface area contributed by atoms with Crippen LogP contribution >= 0.6 is 0 Å². The molecule has 4 aromatic rings. The van der Waals surface area contributed by atoms with Crippen LogP contribution in [0.4, 0.5) is 29.2 Å². The number of halogens is 4. The number of nitrogens with two attached hydrogens (primary N) is 1. The average molecular weight is 335 g/mol. The summed E-state index contributed by atoms with van der Waals surface area (Å²) in [7, 11) is 0. The summed E-state index contributed by atoms with van der Waals surface area (Å²) in [5, 5.41) is 3.15. The number of nitrogens with zero attached hydrogens (tertiary/aromatic N) is 2. The molecular weight excluding hydrogens is 326 g/mol. The molecule has 2 aromatic heterocycles. The molecule has 2 aromatic carbocycles. The van der Waals surface area contributed by atoms with Crippen LogP contribution in [0.2, 0.25) is 0 Å². The molecule has 0 spiro atoms. The highest BCUT2D eigenvalue weighted by molar-refractivity contribution is 5.94. The maximum atomic E-state index is 13.8. The number of nitrogens with one attached hydrogen (secondary N) is 2. The van der Waals surface area contributed by atoms with E-state index in [1.54, 1.807) is 0 Å². The highest BCUT2D eigenvalue weighted by atomic mass is 19.2. The molecule has 0 saturated carbocycles. The van der Waals surface area contributed by atoms with Crippen molar-refractivity contribution in [2.24, 2.45) is 0 Å². The van der Waals surface area contributed by atoms with Gasteiger partial charge in [0.15, 0.2) is 17.5 Å². The maximum absolute atomic E-state index is 13.8. The number of H-pyrrole nitrogens is 1. The molecule has 0 atom stereocenters. The fourth-order valence-electron chi connectivity index (χ4n) is 2.58. The van der Waals surface area contributed by atoms with Crippen molar-refractivity contribution in [2.75, 3.05) is 11.2 Å². The van der Waals surface area contributed by atoms with Crippen LogP contribution in [0.15, 0.2) is 30.5 Å². The lowest BCUT2D eigenvalue weighted by Crippen LogP contribution is -2.12. The van der Waals surface area contributed by atoms with E-state index in [-0.39, 0.29) is 17.0 Å². The number of aromatic nitrogens is 3. The van der Waals surface area contributed by atoms with Gasteiger partial charge in [0, 0.05) is 29.8 Å². The van der Waals surface area contributed by atoms with Crippen LogP contribution in [0.1, 0.15) is 0 Å². The van der Waals surface area contributed by atoms with Gasteiger partial charge in [-0.25, -0.2) is 27.2 Å². The largest absolute Gasteiger partial charge is 0.359 e. The molecule has 0 aliphatic rings. The van der Waals surface area contributed by atoms with Crippen LogP contribution in [0.3, 0.4) is 0 Å². The molecule has 122 valence electrons. The van der Waals surface area contributed by atoms with Gasteiger partial charge in [-0.1, -0.05) is 0 Å². The maximum Gasteiger partial charge on any atom is 0.227 e. The number of imidazole rings is 1. The zero-order valence-corrected chi connectivity index (χ0v) is 11.9.